The van der Waals surface area contributed by atoms with Crippen LogP contribution in [-0.4, -0.2) is 39.9 Å². The van der Waals surface area contributed by atoms with Crippen molar-refractivity contribution in [3.05, 3.63) is 17.5 Å². The molecule has 1 aromatic rings. The van der Waals surface area contributed by atoms with Crippen molar-refractivity contribution in [1.82, 2.24) is 14.7 Å². The van der Waals surface area contributed by atoms with Gasteiger partial charge in [0.15, 0.2) is 0 Å². The number of amides is 1. The number of halogens is 3. The number of aryl methyl sites for hydroxylation is 1. The van der Waals surface area contributed by atoms with Crippen molar-refractivity contribution in [2.45, 2.75) is 32.9 Å². The number of carbonyl (C=O) groups is 1. The Morgan fingerprint density at radius 2 is 2.05 bits per heavy atom. The number of rotatable bonds is 4. The highest BCUT2D eigenvalue weighted by atomic mass is 19.4. The molecule has 1 rings (SSSR count). The van der Waals surface area contributed by atoms with E-state index in [4.69, 9.17) is 0 Å². The van der Waals surface area contributed by atoms with Gasteiger partial charge in [-0.15, -0.1) is 0 Å². The molecule has 0 aromatic carbocycles. The Morgan fingerprint density at radius 1 is 1.47 bits per heavy atom. The molecule has 108 valence electrons. The first-order valence-electron chi connectivity index (χ1n) is 6.05. The van der Waals surface area contributed by atoms with Gasteiger partial charge in [-0.1, -0.05) is 13.8 Å². The summed E-state index contributed by atoms with van der Waals surface area (Å²) in [6, 6.07) is 1.55. The Kier molecular flexibility index (Phi) is 4.60. The van der Waals surface area contributed by atoms with Crippen LogP contribution in [0.3, 0.4) is 0 Å². The molecule has 0 unspecified atom stereocenters. The molecule has 0 saturated carbocycles. The molecular weight excluding hydrogens is 259 g/mol. The van der Waals surface area contributed by atoms with Crippen LogP contribution in [0.25, 0.3) is 0 Å². The van der Waals surface area contributed by atoms with Crippen LogP contribution in [0.4, 0.5) is 13.2 Å². The second kappa shape index (κ2) is 5.63. The molecule has 4 nitrogen and oxygen atoms in total. The van der Waals surface area contributed by atoms with Crippen LogP contribution in [-0.2, 0) is 7.05 Å². The van der Waals surface area contributed by atoms with Gasteiger partial charge in [-0.3, -0.25) is 9.48 Å². The van der Waals surface area contributed by atoms with Crippen LogP contribution in [0.2, 0.25) is 0 Å². The molecule has 0 aliphatic rings. The largest absolute Gasteiger partial charge is 0.406 e. The molecule has 1 amide bonds. The van der Waals surface area contributed by atoms with Gasteiger partial charge in [0.1, 0.15) is 12.2 Å². The Balaban J connectivity index is 2.98. The zero-order chi connectivity index (χ0) is 14.8. The summed E-state index contributed by atoms with van der Waals surface area (Å²) in [7, 11) is 1.56. The minimum Gasteiger partial charge on any atom is -0.328 e. The van der Waals surface area contributed by atoms with Crippen molar-refractivity contribution >= 4 is 5.91 Å². The highest BCUT2D eigenvalue weighted by molar-refractivity contribution is 5.92. The summed E-state index contributed by atoms with van der Waals surface area (Å²) in [4.78, 5) is 12.8. The highest BCUT2D eigenvalue weighted by Gasteiger charge is 2.33. The van der Waals surface area contributed by atoms with Gasteiger partial charge in [-0.2, -0.15) is 18.3 Å². The van der Waals surface area contributed by atoms with E-state index < -0.39 is 18.6 Å². The monoisotopic (exact) mass is 277 g/mol. The first-order valence-corrected chi connectivity index (χ1v) is 6.05. The molecular formula is C12H18F3N3O. The minimum atomic E-state index is -4.40. The van der Waals surface area contributed by atoms with Gasteiger partial charge in [0, 0.05) is 13.6 Å². The van der Waals surface area contributed by atoms with Crippen molar-refractivity contribution in [2.75, 3.05) is 13.1 Å². The predicted octanol–water partition coefficient (Wildman–Crippen LogP) is 2.57. The lowest BCUT2D eigenvalue weighted by atomic mass is 10.1. The van der Waals surface area contributed by atoms with Crippen molar-refractivity contribution in [3.63, 3.8) is 0 Å². The van der Waals surface area contributed by atoms with E-state index >= 15 is 0 Å². The average molecular weight is 277 g/mol. The maximum atomic E-state index is 12.4. The fraction of sp³-hybridized carbons (Fsp3) is 0.667. The third-order valence-electron chi connectivity index (χ3n) is 2.75. The number of alkyl halides is 3. The summed E-state index contributed by atoms with van der Waals surface area (Å²) >= 11 is 0. The Hall–Kier alpha value is -1.53. The van der Waals surface area contributed by atoms with Gasteiger partial charge in [-0.05, 0) is 18.9 Å². The number of hydrogen-bond acceptors (Lipinski definition) is 2. The van der Waals surface area contributed by atoms with Gasteiger partial charge in [-0.25, -0.2) is 0 Å². The van der Waals surface area contributed by atoms with E-state index in [9.17, 15) is 18.0 Å². The van der Waals surface area contributed by atoms with Crippen LogP contribution >= 0.6 is 0 Å². The summed E-state index contributed by atoms with van der Waals surface area (Å²) in [6.45, 7) is 4.09. The SMILES string of the molecule is CCN(CC(F)(F)F)C(=O)c1cc(C(C)C)nn1C. The summed E-state index contributed by atoms with van der Waals surface area (Å²) in [5, 5.41) is 4.13. The lowest BCUT2D eigenvalue weighted by Crippen LogP contribution is -2.39. The van der Waals surface area contributed by atoms with Crippen LogP contribution < -0.4 is 0 Å². The zero-order valence-electron chi connectivity index (χ0n) is 11.5. The topological polar surface area (TPSA) is 38.1 Å². The smallest absolute Gasteiger partial charge is 0.328 e. The molecule has 0 fully saturated rings. The Morgan fingerprint density at radius 3 is 2.42 bits per heavy atom. The summed E-state index contributed by atoms with van der Waals surface area (Å²) in [6.07, 6.45) is -4.40. The van der Waals surface area contributed by atoms with E-state index in [0.717, 1.165) is 4.90 Å². The summed E-state index contributed by atoms with van der Waals surface area (Å²) in [5.74, 6) is -0.535. The third kappa shape index (κ3) is 3.97. The summed E-state index contributed by atoms with van der Waals surface area (Å²) in [5.41, 5.74) is 0.865. The third-order valence-corrected chi connectivity index (χ3v) is 2.75. The van der Waals surface area contributed by atoms with Crippen molar-refractivity contribution < 1.29 is 18.0 Å². The highest BCUT2D eigenvalue weighted by Crippen LogP contribution is 2.19. The molecule has 0 aliphatic carbocycles. The van der Waals surface area contributed by atoms with Crippen LogP contribution in [0, 0.1) is 0 Å². The second-order valence-corrected chi connectivity index (χ2v) is 4.67. The average Bonchev–Trinajstić information content (AvgIpc) is 2.66. The molecule has 0 saturated heterocycles. The van der Waals surface area contributed by atoms with Crippen LogP contribution in [0.1, 0.15) is 42.9 Å². The molecule has 0 N–H and O–H groups in total. The van der Waals surface area contributed by atoms with E-state index in [-0.39, 0.29) is 18.2 Å². The Labute approximate surface area is 110 Å². The van der Waals surface area contributed by atoms with E-state index in [1.807, 2.05) is 13.8 Å². The number of carbonyl (C=O) groups excluding carboxylic acids is 1. The molecule has 0 radical (unpaired) electrons. The zero-order valence-corrected chi connectivity index (χ0v) is 11.5. The quantitative estimate of drug-likeness (QED) is 0.848. The van der Waals surface area contributed by atoms with Crippen molar-refractivity contribution in [3.8, 4) is 0 Å². The molecule has 0 bridgehead atoms. The first kappa shape index (κ1) is 15.5. The lowest BCUT2D eigenvalue weighted by molar-refractivity contribution is -0.140. The maximum absolute atomic E-state index is 12.4. The fourth-order valence-electron chi connectivity index (χ4n) is 1.68. The molecule has 1 heterocycles. The molecule has 19 heavy (non-hydrogen) atoms. The fourth-order valence-corrected chi connectivity index (χ4v) is 1.68. The number of aromatic nitrogens is 2. The van der Waals surface area contributed by atoms with E-state index in [2.05, 4.69) is 5.10 Å². The van der Waals surface area contributed by atoms with Crippen molar-refractivity contribution in [1.29, 1.82) is 0 Å². The van der Waals surface area contributed by atoms with Gasteiger partial charge in [0.2, 0.25) is 0 Å². The standard InChI is InChI=1S/C12H18F3N3O/c1-5-18(7-12(13,14)15)11(19)10-6-9(8(2)3)16-17(10)4/h6,8H,5,7H2,1-4H3. The van der Waals surface area contributed by atoms with E-state index in [1.165, 1.54) is 11.6 Å². The lowest BCUT2D eigenvalue weighted by Gasteiger charge is -2.22. The molecule has 0 aliphatic heterocycles. The first-order chi connectivity index (χ1) is 8.65. The van der Waals surface area contributed by atoms with Crippen molar-refractivity contribution in [2.24, 2.45) is 7.05 Å². The number of nitrogens with zero attached hydrogens (tertiary/aromatic N) is 3. The van der Waals surface area contributed by atoms with Crippen LogP contribution in [0.15, 0.2) is 6.07 Å². The van der Waals surface area contributed by atoms with Gasteiger partial charge < -0.3 is 4.90 Å². The molecule has 0 spiro atoms. The normalized spacial score (nSPS) is 12.0. The van der Waals surface area contributed by atoms with Gasteiger partial charge >= 0.3 is 6.18 Å². The maximum Gasteiger partial charge on any atom is 0.406 e. The molecule has 1 aromatic heterocycles. The Bertz CT molecular complexity index is 452. The van der Waals surface area contributed by atoms with E-state index in [0.29, 0.717) is 5.69 Å². The van der Waals surface area contributed by atoms with Gasteiger partial charge in [0.05, 0.1) is 5.69 Å². The molecule has 0 atom stereocenters. The predicted molar refractivity (Wildman–Crippen MR) is 64.9 cm³/mol. The van der Waals surface area contributed by atoms with Crippen LogP contribution in [0.5, 0.6) is 0 Å². The van der Waals surface area contributed by atoms with E-state index in [1.54, 1.807) is 13.1 Å². The van der Waals surface area contributed by atoms with Gasteiger partial charge in [0.25, 0.3) is 5.91 Å². The molecule has 7 heteroatoms. The minimum absolute atomic E-state index is 0.000531. The summed E-state index contributed by atoms with van der Waals surface area (Å²) < 4.78 is 38.5. The second-order valence-electron chi connectivity index (χ2n) is 4.67. The number of hydrogen-bond donors (Lipinski definition) is 0.